The number of aryl methyl sites for hydroxylation is 3. The summed E-state index contributed by atoms with van der Waals surface area (Å²) in [7, 11) is 0. The smallest absolute Gasteiger partial charge is 0.144 e. The van der Waals surface area contributed by atoms with Crippen LogP contribution in [0.5, 0.6) is 0 Å². The van der Waals surface area contributed by atoms with E-state index in [0.717, 1.165) is 17.8 Å². The summed E-state index contributed by atoms with van der Waals surface area (Å²) in [5.74, 6) is 0.988. The Bertz CT molecular complexity index is 1570. The minimum absolute atomic E-state index is 0.216. The maximum atomic E-state index is 4.88. The van der Waals surface area contributed by atoms with Crippen LogP contribution >= 0.6 is 0 Å². The quantitative estimate of drug-likeness (QED) is 0.190. The van der Waals surface area contributed by atoms with Crippen LogP contribution in [-0.2, 0) is 11.8 Å². The van der Waals surface area contributed by atoms with E-state index >= 15 is 0 Å². The summed E-state index contributed by atoms with van der Waals surface area (Å²) >= 11 is 0. The molecular formula is C37H38N2. The molecule has 0 saturated carbocycles. The molecule has 0 fully saturated rings. The lowest BCUT2D eigenvalue weighted by Crippen LogP contribution is -2.22. The van der Waals surface area contributed by atoms with Crippen LogP contribution in [0.25, 0.3) is 28.2 Å². The van der Waals surface area contributed by atoms with Crippen molar-refractivity contribution in [3.63, 3.8) is 0 Å². The van der Waals surface area contributed by atoms with Gasteiger partial charge < -0.3 is 0 Å². The second-order valence-corrected chi connectivity index (χ2v) is 11.3. The Morgan fingerprint density at radius 3 is 2.08 bits per heavy atom. The first-order chi connectivity index (χ1) is 19.0. The number of aromatic nitrogens is 2. The maximum absolute atomic E-state index is 4.88. The van der Waals surface area contributed by atoms with E-state index in [4.69, 9.17) is 4.98 Å². The van der Waals surface area contributed by atoms with Gasteiger partial charge in [0.2, 0.25) is 0 Å². The van der Waals surface area contributed by atoms with Crippen molar-refractivity contribution in [3.05, 3.63) is 131 Å². The van der Waals surface area contributed by atoms with Crippen LogP contribution in [0.2, 0.25) is 0 Å². The van der Waals surface area contributed by atoms with Gasteiger partial charge in [0.15, 0.2) is 0 Å². The van der Waals surface area contributed by atoms with Gasteiger partial charge in [0, 0.05) is 23.4 Å². The zero-order valence-corrected chi connectivity index (χ0v) is 23.7. The largest absolute Gasteiger partial charge is 0.299 e. The van der Waals surface area contributed by atoms with Gasteiger partial charge >= 0.3 is 0 Å². The maximum Gasteiger partial charge on any atom is 0.144 e. The summed E-state index contributed by atoms with van der Waals surface area (Å²) in [4.78, 5) is 4.88. The molecule has 0 N–H and O–H groups in total. The van der Waals surface area contributed by atoms with Gasteiger partial charge in [-0.15, -0.1) is 0 Å². The lowest BCUT2D eigenvalue weighted by atomic mass is 9.74. The fourth-order valence-electron chi connectivity index (χ4n) is 6.76. The van der Waals surface area contributed by atoms with Crippen LogP contribution in [0, 0.1) is 13.8 Å². The lowest BCUT2D eigenvalue weighted by molar-refractivity contribution is 0.666. The van der Waals surface area contributed by atoms with Crippen molar-refractivity contribution >= 4 is 0 Å². The van der Waals surface area contributed by atoms with Gasteiger partial charge in [-0.05, 0) is 84.2 Å². The first-order valence-corrected chi connectivity index (χ1v) is 14.5. The molecule has 0 aliphatic heterocycles. The molecule has 1 aliphatic rings. The van der Waals surface area contributed by atoms with Gasteiger partial charge in [0.05, 0.1) is 5.69 Å². The highest BCUT2D eigenvalue weighted by molar-refractivity contribution is 5.83. The Labute approximate surface area is 233 Å². The van der Waals surface area contributed by atoms with Crippen molar-refractivity contribution in [2.75, 3.05) is 0 Å². The number of fused-ring (bicyclic) bond motifs is 3. The van der Waals surface area contributed by atoms with Crippen LogP contribution < -0.4 is 0 Å². The predicted octanol–water partition coefficient (Wildman–Crippen LogP) is 9.61. The van der Waals surface area contributed by atoms with Gasteiger partial charge in [0.1, 0.15) is 5.82 Å². The molecule has 196 valence electrons. The van der Waals surface area contributed by atoms with Gasteiger partial charge in [-0.25, -0.2) is 4.98 Å². The SMILES string of the molecule is CCCCCCc1cc(C)c(-n2ccnc2-c2cccc(C3(C)c4ccccc4-c4ccccc43)c2)c(C)c1. The fourth-order valence-corrected chi connectivity index (χ4v) is 6.76. The Hall–Kier alpha value is -3.91. The van der Waals surface area contributed by atoms with Gasteiger partial charge in [-0.2, -0.15) is 0 Å². The normalized spacial score (nSPS) is 13.3. The zero-order valence-electron chi connectivity index (χ0n) is 23.7. The van der Waals surface area contributed by atoms with E-state index in [1.165, 1.54) is 75.9 Å². The monoisotopic (exact) mass is 510 g/mol. The second-order valence-electron chi connectivity index (χ2n) is 11.3. The molecule has 0 radical (unpaired) electrons. The highest BCUT2D eigenvalue weighted by Gasteiger charge is 2.40. The molecule has 0 atom stereocenters. The minimum Gasteiger partial charge on any atom is -0.299 e. The number of imidazole rings is 1. The number of benzene rings is 4. The van der Waals surface area contributed by atoms with Crippen LogP contribution in [0.3, 0.4) is 0 Å². The van der Waals surface area contributed by atoms with E-state index in [-0.39, 0.29) is 5.41 Å². The molecule has 5 aromatic rings. The Morgan fingerprint density at radius 2 is 1.41 bits per heavy atom. The standard InChI is InChI=1S/C37H38N2/c1-5-6-7-8-14-28-23-26(2)35(27(3)24-28)39-22-21-38-36(39)29-15-13-16-30(25-29)37(4)33-19-11-9-17-31(33)32-18-10-12-20-34(32)37/h9-13,15-25H,5-8,14H2,1-4H3. The van der Waals surface area contributed by atoms with Gasteiger partial charge in [0.25, 0.3) is 0 Å². The number of nitrogens with zero attached hydrogens (tertiary/aromatic N) is 2. The fraction of sp³-hybridized carbons (Fsp3) is 0.270. The third kappa shape index (κ3) is 4.33. The second kappa shape index (κ2) is 10.3. The van der Waals surface area contributed by atoms with Crippen molar-refractivity contribution in [2.45, 2.75) is 65.2 Å². The molecule has 39 heavy (non-hydrogen) atoms. The molecule has 0 spiro atoms. The van der Waals surface area contributed by atoms with Crippen LogP contribution in [0.1, 0.15) is 72.9 Å². The van der Waals surface area contributed by atoms with Gasteiger partial charge in [-0.3, -0.25) is 4.57 Å². The van der Waals surface area contributed by atoms with E-state index < -0.39 is 0 Å². The van der Waals surface area contributed by atoms with E-state index in [9.17, 15) is 0 Å². The Morgan fingerprint density at radius 1 is 0.744 bits per heavy atom. The molecule has 0 amide bonds. The third-order valence-corrected chi connectivity index (χ3v) is 8.67. The molecule has 0 bridgehead atoms. The van der Waals surface area contributed by atoms with Crippen molar-refractivity contribution in [1.82, 2.24) is 9.55 Å². The molecule has 0 saturated heterocycles. The molecule has 2 nitrogen and oxygen atoms in total. The average molecular weight is 511 g/mol. The Kier molecular flexibility index (Phi) is 6.73. The zero-order chi connectivity index (χ0) is 27.0. The Balaban J connectivity index is 1.40. The van der Waals surface area contributed by atoms with Crippen molar-refractivity contribution in [3.8, 4) is 28.2 Å². The highest BCUT2D eigenvalue weighted by Crippen LogP contribution is 2.52. The molecule has 1 aromatic heterocycles. The highest BCUT2D eigenvalue weighted by atomic mass is 15.1. The van der Waals surface area contributed by atoms with Crippen LogP contribution in [0.4, 0.5) is 0 Å². The summed E-state index contributed by atoms with van der Waals surface area (Å²) in [6, 6.07) is 31.5. The lowest BCUT2D eigenvalue weighted by Gasteiger charge is -2.28. The van der Waals surface area contributed by atoms with Crippen molar-refractivity contribution in [2.24, 2.45) is 0 Å². The number of unbranched alkanes of at least 4 members (excludes halogenated alkanes) is 3. The number of hydrogen-bond acceptors (Lipinski definition) is 1. The topological polar surface area (TPSA) is 17.8 Å². The number of rotatable bonds is 8. The van der Waals surface area contributed by atoms with E-state index in [2.05, 4.69) is 123 Å². The summed E-state index contributed by atoms with van der Waals surface area (Å²) in [5.41, 5.74) is 12.9. The molecule has 4 aromatic carbocycles. The molecule has 2 heteroatoms. The summed E-state index contributed by atoms with van der Waals surface area (Å²) in [5, 5.41) is 0. The summed E-state index contributed by atoms with van der Waals surface area (Å²) < 4.78 is 2.28. The molecule has 1 heterocycles. The van der Waals surface area contributed by atoms with E-state index in [1.807, 2.05) is 6.20 Å². The number of hydrogen-bond donors (Lipinski definition) is 0. The van der Waals surface area contributed by atoms with Crippen molar-refractivity contribution < 1.29 is 0 Å². The van der Waals surface area contributed by atoms with Gasteiger partial charge in [-0.1, -0.05) is 105 Å². The molecule has 6 rings (SSSR count). The molecule has 1 aliphatic carbocycles. The predicted molar refractivity (Wildman–Crippen MR) is 164 cm³/mol. The first kappa shape index (κ1) is 25.4. The van der Waals surface area contributed by atoms with Crippen LogP contribution in [0.15, 0.2) is 97.3 Å². The first-order valence-electron chi connectivity index (χ1n) is 14.5. The van der Waals surface area contributed by atoms with E-state index in [0.29, 0.717) is 0 Å². The average Bonchev–Trinajstić information content (AvgIpc) is 3.53. The van der Waals surface area contributed by atoms with Crippen molar-refractivity contribution in [1.29, 1.82) is 0 Å². The molecular weight excluding hydrogens is 472 g/mol. The summed E-state index contributed by atoms with van der Waals surface area (Å²) in [6.45, 7) is 9.13. The van der Waals surface area contributed by atoms with E-state index in [1.54, 1.807) is 0 Å². The third-order valence-electron chi connectivity index (χ3n) is 8.67. The minimum atomic E-state index is -0.216. The summed E-state index contributed by atoms with van der Waals surface area (Å²) in [6.07, 6.45) is 10.4. The van der Waals surface area contributed by atoms with Crippen LogP contribution in [-0.4, -0.2) is 9.55 Å². The molecule has 0 unspecified atom stereocenters.